The van der Waals surface area contributed by atoms with E-state index in [1.54, 1.807) is 14.1 Å². The van der Waals surface area contributed by atoms with Crippen molar-refractivity contribution in [3.05, 3.63) is 0 Å². The summed E-state index contributed by atoms with van der Waals surface area (Å²) in [5.41, 5.74) is 0. The number of rotatable bonds is 1. The molecule has 0 saturated heterocycles. The Morgan fingerprint density at radius 1 is 1.50 bits per heavy atom. The van der Waals surface area contributed by atoms with Crippen molar-refractivity contribution in [1.82, 2.24) is 4.90 Å². The van der Waals surface area contributed by atoms with E-state index in [1.165, 1.54) is 4.90 Å². The minimum atomic E-state index is 0. The van der Waals surface area contributed by atoms with Crippen LogP contribution in [0.1, 0.15) is 0 Å². The molecule has 32 valence electrons. The molecule has 6 heavy (non-hydrogen) atoms. The van der Waals surface area contributed by atoms with E-state index in [0.717, 1.165) is 6.41 Å². The van der Waals surface area contributed by atoms with Gasteiger partial charge in [0.25, 0.3) is 0 Å². The standard InChI is InChI=1S/C3H7NO.Li.H/c1-4(2)3-5;;/h3H,1-2H3;;. The van der Waals surface area contributed by atoms with Crippen molar-refractivity contribution in [2.45, 2.75) is 0 Å². The van der Waals surface area contributed by atoms with Gasteiger partial charge in [-0.3, -0.25) is 4.79 Å². The normalized spacial score (nSPS) is 5.67. The van der Waals surface area contributed by atoms with Crippen molar-refractivity contribution < 1.29 is 4.79 Å². The summed E-state index contributed by atoms with van der Waals surface area (Å²) in [5, 5.41) is 0. The van der Waals surface area contributed by atoms with Crippen molar-refractivity contribution in [2.75, 3.05) is 14.1 Å². The van der Waals surface area contributed by atoms with Crippen molar-refractivity contribution in [3.63, 3.8) is 0 Å². The molecule has 0 spiro atoms. The van der Waals surface area contributed by atoms with Crippen LogP contribution in [0.15, 0.2) is 0 Å². The number of hydrogen-bond donors (Lipinski definition) is 0. The summed E-state index contributed by atoms with van der Waals surface area (Å²) in [6.07, 6.45) is 0.750. The second kappa shape index (κ2) is 5.07. The van der Waals surface area contributed by atoms with Crippen molar-refractivity contribution in [1.29, 1.82) is 0 Å². The van der Waals surface area contributed by atoms with Gasteiger partial charge in [-0.1, -0.05) is 0 Å². The molecule has 0 aromatic rings. The van der Waals surface area contributed by atoms with E-state index in [-0.39, 0.29) is 18.9 Å². The molecule has 0 bridgehead atoms. The van der Waals surface area contributed by atoms with Crippen LogP contribution in [0.2, 0.25) is 0 Å². The van der Waals surface area contributed by atoms with Crippen LogP contribution in [0.3, 0.4) is 0 Å². The van der Waals surface area contributed by atoms with Gasteiger partial charge in [0.15, 0.2) is 0 Å². The molecule has 1 amide bonds. The first-order chi connectivity index (χ1) is 2.27. The molecule has 0 fully saturated rings. The van der Waals surface area contributed by atoms with Gasteiger partial charge in [0, 0.05) is 14.1 Å². The molecule has 0 unspecified atom stereocenters. The average molecular weight is 81.0 g/mol. The zero-order valence-corrected chi connectivity index (χ0v) is 3.43. The summed E-state index contributed by atoms with van der Waals surface area (Å²) in [6.45, 7) is 0. The fraction of sp³-hybridized carbons (Fsp3) is 0.667. The third-order valence-corrected chi connectivity index (χ3v) is 0.211. The van der Waals surface area contributed by atoms with Crippen molar-refractivity contribution in [2.24, 2.45) is 0 Å². The molecule has 0 aliphatic heterocycles. The maximum absolute atomic E-state index is 9.43. The molecule has 0 aromatic heterocycles. The Hall–Kier alpha value is 0.0674. The van der Waals surface area contributed by atoms with E-state index in [2.05, 4.69) is 0 Å². The molecule has 2 nitrogen and oxygen atoms in total. The van der Waals surface area contributed by atoms with Gasteiger partial charge in [-0.25, -0.2) is 0 Å². The first-order valence-electron chi connectivity index (χ1n) is 1.39. The fourth-order valence-electron chi connectivity index (χ4n) is 0. The summed E-state index contributed by atoms with van der Waals surface area (Å²) < 4.78 is 0. The van der Waals surface area contributed by atoms with Crippen LogP contribution in [0.25, 0.3) is 0 Å². The molecule has 0 radical (unpaired) electrons. The SMILES string of the molecule is CN(C)C=O.[LiH]. The molecule has 0 N–H and O–H groups in total. The zero-order chi connectivity index (χ0) is 4.28. The second-order valence-corrected chi connectivity index (χ2v) is 1.07. The molecule has 0 aromatic carbocycles. The summed E-state index contributed by atoms with van der Waals surface area (Å²) in [7, 11) is 3.38. The van der Waals surface area contributed by atoms with Crippen LogP contribution < -0.4 is 0 Å². The molecule has 3 heteroatoms. The number of amides is 1. The van der Waals surface area contributed by atoms with E-state index in [4.69, 9.17) is 0 Å². The predicted molar refractivity (Wildman–Crippen MR) is 26.9 cm³/mol. The Balaban J connectivity index is 0. The van der Waals surface area contributed by atoms with Crippen LogP contribution >= 0.6 is 0 Å². The molecule has 0 atom stereocenters. The van der Waals surface area contributed by atoms with Crippen LogP contribution in [-0.4, -0.2) is 44.3 Å². The Morgan fingerprint density at radius 2 is 1.67 bits per heavy atom. The van der Waals surface area contributed by atoms with E-state index < -0.39 is 0 Å². The van der Waals surface area contributed by atoms with E-state index in [0.29, 0.717) is 0 Å². The molecular formula is C3H8LiNO. The van der Waals surface area contributed by atoms with Gasteiger partial charge in [-0.15, -0.1) is 0 Å². The fourth-order valence-corrected chi connectivity index (χ4v) is 0. The Labute approximate surface area is 49.7 Å². The summed E-state index contributed by atoms with van der Waals surface area (Å²) in [6, 6.07) is 0. The van der Waals surface area contributed by atoms with E-state index >= 15 is 0 Å². The topological polar surface area (TPSA) is 20.3 Å². The third kappa shape index (κ3) is 8.95. The number of carbonyl (C=O) groups excluding carboxylic acids is 1. The minimum absolute atomic E-state index is 0. The van der Waals surface area contributed by atoms with Gasteiger partial charge in [0.05, 0.1) is 0 Å². The Morgan fingerprint density at radius 3 is 1.67 bits per heavy atom. The molecule has 0 aliphatic carbocycles. The summed E-state index contributed by atoms with van der Waals surface area (Å²) >= 11 is 0. The number of hydrogen-bond acceptors (Lipinski definition) is 1. The summed E-state index contributed by atoms with van der Waals surface area (Å²) in [5.74, 6) is 0. The van der Waals surface area contributed by atoms with Crippen molar-refractivity contribution >= 4 is 25.3 Å². The number of nitrogens with zero attached hydrogens (tertiary/aromatic N) is 1. The maximum atomic E-state index is 9.43. The average Bonchev–Trinajstić information content (AvgIpc) is 1.38. The Bertz CT molecular complexity index is 37.8. The summed E-state index contributed by atoms with van der Waals surface area (Å²) in [4.78, 5) is 10.9. The number of carbonyl (C=O) groups is 1. The molecule has 0 aliphatic rings. The quantitative estimate of drug-likeness (QED) is 0.294. The van der Waals surface area contributed by atoms with Gasteiger partial charge in [-0.05, 0) is 0 Å². The molecule has 0 heterocycles. The Kier molecular flexibility index (Phi) is 7.95. The van der Waals surface area contributed by atoms with Crippen molar-refractivity contribution in [3.8, 4) is 0 Å². The zero-order valence-electron chi connectivity index (χ0n) is 3.43. The van der Waals surface area contributed by atoms with Crippen LogP contribution in [0, 0.1) is 0 Å². The van der Waals surface area contributed by atoms with E-state index in [1.807, 2.05) is 0 Å². The third-order valence-electron chi connectivity index (χ3n) is 0.211. The van der Waals surface area contributed by atoms with E-state index in [9.17, 15) is 4.79 Å². The molecular weight excluding hydrogens is 73.0 g/mol. The monoisotopic (exact) mass is 81.1 g/mol. The first-order valence-corrected chi connectivity index (χ1v) is 1.39. The van der Waals surface area contributed by atoms with Gasteiger partial charge in [0.1, 0.15) is 0 Å². The van der Waals surface area contributed by atoms with Gasteiger partial charge >= 0.3 is 18.9 Å². The van der Waals surface area contributed by atoms with Gasteiger partial charge in [0.2, 0.25) is 6.41 Å². The van der Waals surface area contributed by atoms with Crippen LogP contribution in [-0.2, 0) is 4.79 Å². The van der Waals surface area contributed by atoms with Gasteiger partial charge < -0.3 is 4.90 Å². The predicted octanol–water partition coefficient (Wildman–Crippen LogP) is -0.944. The van der Waals surface area contributed by atoms with Crippen LogP contribution in [0.4, 0.5) is 0 Å². The van der Waals surface area contributed by atoms with Gasteiger partial charge in [-0.2, -0.15) is 0 Å². The first kappa shape index (κ1) is 9.42. The molecule has 0 rings (SSSR count). The second-order valence-electron chi connectivity index (χ2n) is 1.07. The molecule has 0 saturated carbocycles. The van der Waals surface area contributed by atoms with Crippen LogP contribution in [0.5, 0.6) is 0 Å².